The van der Waals surface area contributed by atoms with Crippen molar-refractivity contribution in [3.63, 3.8) is 0 Å². The van der Waals surface area contributed by atoms with Crippen LogP contribution in [0.3, 0.4) is 0 Å². The maximum absolute atomic E-state index is 12.7. The van der Waals surface area contributed by atoms with E-state index in [1.807, 2.05) is 0 Å². The van der Waals surface area contributed by atoms with Gasteiger partial charge < -0.3 is 10.2 Å². The van der Waals surface area contributed by atoms with Gasteiger partial charge >= 0.3 is 5.97 Å². The molecule has 0 spiro atoms. The third-order valence-electron chi connectivity index (χ3n) is 12.6. The smallest absolute Gasteiger partial charge is 0.309 e. The van der Waals surface area contributed by atoms with E-state index in [2.05, 4.69) is 41.2 Å². The van der Waals surface area contributed by atoms with Crippen molar-refractivity contribution >= 4 is 5.97 Å². The summed E-state index contributed by atoms with van der Waals surface area (Å²) >= 11 is 0. The molecular weight excluding hydrogens is 396 g/mol. The van der Waals surface area contributed by atoms with E-state index in [4.69, 9.17) is 0 Å². The predicted molar refractivity (Wildman–Crippen MR) is 128 cm³/mol. The highest BCUT2D eigenvalue weighted by atomic mass is 16.4. The van der Waals surface area contributed by atoms with Crippen molar-refractivity contribution in [2.75, 3.05) is 0 Å². The van der Waals surface area contributed by atoms with Crippen molar-refractivity contribution < 1.29 is 15.0 Å². The standard InChI is InChI=1S/C29H46O3/c1-17(2)18-9-15-29(25(31)32)16-10-20-19(24(18)29)7-8-22-27(20,5)13-11-21-26(3,4)23(30)12-14-28(21,22)6/h18-24,30H,1,7-16H2,2-6H3,(H,31,32)/t18-,19-,20+,21-,22-,23-,24+,27-,28-,29-/m0/s1. The van der Waals surface area contributed by atoms with E-state index in [1.165, 1.54) is 31.3 Å². The Hall–Kier alpha value is -0.830. The molecule has 0 bridgehead atoms. The Morgan fingerprint density at radius 1 is 0.844 bits per heavy atom. The molecule has 5 aliphatic carbocycles. The van der Waals surface area contributed by atoms with Crippen LogP contribution in [0.25, 0.3) is 0 Å². The van der Waals surface area contributed by atoms with Crippen LogP contribution in [-0.2, 0) is 4.79 Å². The number of rotatable bonds is 2. The summed E-state index contributed by atoms with van der Waals surface area (Å²) < 4.78 is 0. The molecule has 10 atom stereocenters. The number of hydrogen-bond donors (Lipinski definition) is 2. The van der Waals surface area contributed by atoms with Crippen LogP contribution < -0.4 is 0 Å². The molecule has 0 amide bonds. The molecule has 3 nitrogen and oxygen atoms in total. The lowest BCUT2D eigenvalue weighted by atomic mass is 9.36. The Morgan fingerprint density at radius 2 is 1.50 bits per heavy atom. The van der Waals surface area contributed by atoms with Crippen LogP contribution in [0.2, 0.25) is 0 Å². The maximum Gasteiger partial charge on any atom is 0.309 e. The van der Waals surface area contributed by atoms with Gasteiger partial charge in [0.05, 0.1) is 11.5 Å². The van der Waals surface area contributed by atoms with E-state index in [0.29, 0.717) is 40.4 Å². The molecule has 0 aromatic rings. The van der Waals surface area contributed by atoms with Gasteiger partial charge in [-0.1, -0.05) is 39.8 Å². The summed E-state index contributed by atoms with van der Waals surface area (Å²) in [5, 5.41) is 21.2. The highest BCUT2D eigenvalue weighted by Gasteiger charge is 2.68. The summed E-state index contributed by atoms with van der Waals surface area (Å²) in [4.78, 5) is 12.7. The molecule has 5 rings (SSSR count). The van der Waals surface area contributed by atoms with E-state index in [9.17, 15) is 15.0 Å². The predicted octanol–water partition coefficient (Wildman–Crippen LogP) is 6.70. The lowest BCUT2D eigenvalue weighted by molar-refractivity contribution is -0.217. The average molecular weight is 443 g/mol. The largest absolute Gasteiger partial charge is 0.481 e. The Balaban J connectivity index is 1.52. The molecule has 0 saturated heterocycles. The molecule has 0 aliphatic heterocycles. The van der Waals surface area contributed by atoms with E-state index < -0.39 is 11.4 Å². The Labute approximate surface area is 195 Å². The van der Waals surface area contributed by atoms with Gasteiger partial charge in [0.25, 0.3) is 0 Å². The van der Waals surface area contributed by atoms with Gasteiger partial charge in [0.2, 0.25) is 0 Å². The van der Waals surface area contributed by atoms with Gasteiger partial charge in [-0.3, -0.25) is 4.79 Å². The van der Waals surface area contributed by atoms with Crippen molar-refractivity contribution in [3.05, 3.63) is 12.2 Å². The van der Waals surface area contributed by atoms with E-state index in [-0.39, 0.29) is 17.4 Å². The fraction of sp³-hybridized carbons (Fsp3) is 0.897. The molecule has 0 aromatic heterocycles. The van der Waals surface area contributed by atoms with Gasteiger partial charge in [-0.15, -0.1) is 0 Å². The van der Waals surface area contributed by atoms with E-state index >= 15 is 0 Å². The lowest BCUT2D eigenvalue weighted by Crippen LogP contribution is -2.63. The number of carboxylic acid groups (broad SMARTS) is 1. The van der Waals surface area contributed by atoms with Crippen molar-refractivity contribution in [1.29, 1.82) is 0 Å². The second-order valence-corrected chi connectivity index (χ2v) is 13.9. The fourth-order valence-electron chi connectivity index (χ4n) is 11.2. The van der Waals surface area contributed by atoms with E-state index in [1.54, 1.807) is 0 Å². The van der Waals surface area contributed by atoms with Gasteiger partial charge in [0.15, 0.2) is 0 Å². The van der Waals surface area contributed by atoms with Gasteiger partial charge in [0.1, 0.15) is 0 Å². The number of fused-ring (bicyclic) bond motifs is 7. The van der Waals surface area contributed by atoms with Crippen LogP contribution in [0.15, 0.2) is 12.2 Å². The van der Waals surface area contributed by atoms with Gasteiger partial charge in [0, 0.05) is 0 Å². The first kappa shape index (κ1) is 22.9. The summed E-state index contributed by atoms with van der Waals surface area (Å²) in [6, 6.07) is 0. The molecule has 180 valence electrons. The number of aliphatic carboxylic acids is 1. The Kier molecular flexibility index (Phi) is 5.08. The van der Waals surface area contributed by atoms with Crippen molar-refractivity contribution in [3.8, 4) is 0 Å². The zero-order valence-electron chi connectivity index (χ0n) is 21.1. The lowest BCUT2D eigenvalue weighted by Gasteiger charge is -2.69. The number of hydrogen-bond acceptors (Lipinski definition) is 2. The molecule has 32 heavy (non-hydrogen) atoms. The highest BCUT2D eigenvalue weighted by Crippen LogP contribution is 2.73. The molecule has 0 radical (unpaired) electrons. The number of carbonyl (C=O) groups is 1. The normalized spacial score (nSPS) is 54.0. The molecule has 2 N–H and O–H groups in total. The minimum atomic E-state index is -0.532. The minimum absolute atomic E-state index is 0.00724. The average Bonchev–Trinajstić information content (AvgIpc) is 3.12. The summed E-state index contributed by atoms with van der Waals surface area (Å²) in [7, 11) is 0. The Bertz CT molecular complexity index is 815. The maximum atomic E-state index is 12.7. The van der Waals surface area contributed by atoms with Crippen molar-refractivity contribution in [1.82, 2.24) is 0 Å². The number of carboxylic acids is 1. The molecule has 5 fully saturated rings. The summed E-state index contributed by atoms with van der Waals surface area (Å²) in [5.74, 6) is 2.60. The number of aliphatic hydroxyl groups excluding tert-OH is 1. The Morgan fingerprint density at radius 3 is 2.16 bits per heavy atom. The van der Waals surface area contributed by atoms with Gasteiger partial charge in [-0.05, 0) is 123 Å². The zero-order chi connectivity index (χ0) is 23.3. The van der Waals surface area contributed by atoms with Crippen LogP contribution >= 0.6 is 0 Å². The fourth-order valence-corrected chi connectivity index (χ4v) is 11.2. The first-order valence-corrected chi connectivity index (χ1v) is 13.5. The highest BCUT2D eigenvalue weighted by molar-refractivity contribution is 5.76. The van der Waals surface area contributed by atoms with Crippen LogP contribution in [0.4, 0.5) is 0 Å². The molecular formula is C29H46O3. The molecule has 5 saturated carbocycles. The quantitative estimate of drug-likeness (QED) is 0.468. The first-order chi connectivity index (χ1) is 14.9. The van der Waals surface area contributed by atoms with E-state index in [0.717, 1.165) is 38.5 Å². The summed E-state index contributed by atoms with van der Waals surface area (Å²) in [5.41, 5.74) is 1.30. The second-order valence-electron chi connectivity index (χ2n) is 13.9. The second kappa shape index (κ2) is 7.09. The molecule has 3 heteroatoms. The monoisotopic (exact) mass is 442 g/mol. The van der Waals surface area contributed by atoms with Crippen LogP contribution in [0.1, 0.15) is 98.8 Å². The third kappa shape index (κ3) is 2.72. The molecule has 5 aliphatic rings. The molecule has 0 heterocycles. The van der Waals surface area contributed by atoms with Crippen molar-refractivity contribution in [2.45, 2.75) is 105 Å². The number of aliphatic hydroxyl groups is 1. The van der Waals surface area contributed by atoms with Crippen LogP contribution in [-0.4, -0.2) is 22.3 Å². The van der Waals surface area contributed by atoms with Crippen molar-refractivity contribution in [2.24, 2.45) is 57.2 Å². The SMILES string of the molecule is C=C(C)[C@@H]1CC[C@]2(C(=O)O)CC[C@@H]3[C@H](CC[C@H]4[C@@]3(C)CC[C@H]3C(C)(C)[C@@H](O)CC[C@]43C)[C@@H]12. The summed E-state index contributed by atoms with van der Waals surface area (Å²) in [6.07, 6.45) is 10.6. The number of allylic oxidation sites excluding steroid dienone is 1. The third-order valence-corrected chi connectivity index (χ3v) is 12.6. The topological polar surface area (TPSA) is 57.5 Å². The van der Waals surface area contributed by atoms with Gasteiger partial charge in [-0.25, -0.2) is 0 Å². The summed E-state index contributed by atoms with van der Waals surface area (Å²) in [6.45, 7) is 16.2. The molecule has 0 unspecified atom stereocenters. The first-order valence-electron chi connectivity index (χ1n) is 13.5. The van der Waals surface area contributed by atoms with Gasteiger partial charge in [-0.2, -0.15) is 0 Å². The van der Waals surface area contributed by atoms with Crippen LogP contribution in [0, 0.1) is 57.2 Å². The zero-order valence-corrected chi connectivity index (χ0v) is 21.1. The van der Waals surface area contributed by atoms with Crippen LogP contribution in [0.5, 0.6) is 0 Å². The molecule has 0 aromatic carbocycles. The minimum Gasteiger partial charge on any atom is -0.481 e.